The number of likely N-dealkylation sites (N-methyl/N-ethyl adjacent to an activating group) is 1. The molecular formula is C12H15N3O2S. The maximum absolute atomic E-state index is 10.9. The molecule has 2 aromatic rings. The van der Waals surface area contributed by atoms with Gasteiger partial charge >= 0.3 is 5.97 Å². The average Bonchev–Trinajstić information content (AvgIpc) is 2.78. The van der Waals surface area contributed by atoms with Gasteiger partial charge in [0, 0.05) is 11.4 Å². The molecule has 0 aliphatic heterocycles. The van der Waals surface area contributed by atoms with Crippen LogP contribution in [-0.2, 0) is 11.2 Å². The molecular weight excluding hydrogens is 250 g/mol. The summed E-state index contributed by atoms with van der Waals surface area (Å²) in [7, 11) is 0. The standard InChI is InChI=1S/C12H15N3O2S/c1-3-8-5-9-11(13-7-14-12(9)18-8)15(4-2)6-10(16)17/h5,7H,3-4,6H2,1-2H3,(H,16,17). The van der Waals surface area contributed by atoms with Gasteiger partial charge in [-0.25, -0.2) is 9.97 Å². The summed E-state index contributed by atoms with van der Waals surface area (Å²) in [5.41, 5.74) is 0. The smallest absolute Gasteiger partial charge is 0.323 e. The molecule has 2 heterocycles. The van der Waals surface area contributed by atoms with E-state index in [4.69, 9.17) is 5.11 Å². The number of carboxylic acid groups (broad SMARTS) is 1. The van der Waals surface area contributed by atoms with Gasteiger partial charge in [0.05, 0.1) is 5.39 Å². The Bertz CT molecular complexity index is 567. The molecule has 0 saturated carbocycles. The van der Waals surface area contributed by atoms with Crippen LogP contribution in [0.15, 0.2) is 12.4 Å². The minimum absolute atomic E-state index is 0.0417. The van der Waals surface area contributed by atoms with Gasteiger partial charge < -0.3 is 10.0 Å². The van der Waals surface area contributed by atoms with Crippen molar-refractivity contribution in [1.82, 2.24) is 9.97 Å². The lowest BCUT2D eigenvalue weighted by atomic mass is 10.3. The van der Waals surface area contributed by atoms with Crippen LogP contribution in [0.2, 0.25) is 0 Å². The second kappa shape index (κ2) is 5.30. The Balaban J connectivity index is 2.48. The zero-order valence-corrected chi connectivity index (χ0v) is 11.2. The van der Waals surface area contributed by atoms with E-state index >= 15 is 0 Å². The number of carboxylic acids is 1. The van der Waals surface area contributed by atoms with E-state index in [2.05, 4.69) is 23.0 Å². The van der Waals surface area contributed by atoms with Crippen LogP contribution < -0.4 is 4.90 Å². The Morgan fingerprint density at radius 1 is 1.44 bits per heavy atom. The van der Waals surface area contributed by atoms with Gasteiger partial charge in [0.15, 0.2) is 0 Å². The Kier molecular flexibility index (Phi) is 3.76. The van der Waals surface area contributed by atoms with Crippen molar-refractivity contribution in [3.63, 3.8) is 0 Å². The van der Waals surface area contributed by atoms with Crippen molar-refractivity contribution >= 4 is 33.3 Å². The molecule has 2 aromatic heterocycles. The average molecular weight is 265 g/mol. The van der Waals surface area contributed by atoms with Crippen molar-refractivity contribution in [3.8, 4) is 0 Å². The van der Waals surface area contributed by atoms with Gasteiger partial charge in [0.2, 0.25) is 0 Å². The van der Waals surface area contributed by atoms with E-state index < -0.39 is 5.97 Å². The summed E-state index contributed by atoms with van der Waals surface area (Å²) < 4.78 is 0. The number of hydrogen-bond acceptors (Lipinski definition) is 5. The summed E-state index contributed by atoms with van der Waals surface area (Å²) in [6.07, 6.45) is 2.45. The molecule has 0 aliphatic carbocycles. The quantitative estimate of drug-likeness (QED) is 0.897. The second-order valence-corrected chi connectivity index (χ2v) is 5.01. The first kappa shape index (κ1) is 12.8. The number of fused-ring (bicyclic) bond motifs is 1. The molecule has 18 heavy (non-hydrogen) atoms. The van der Waals surface area contributed by atoms with Gasteiger partial charge in [-0.3, -0.25) is 4.79 Å². The third kappa shape index (κ3) is 2.43. The highest BCUT2D eigenvalue weighted by Crippen LogP contribution is 2.30. The molecule has 96 valence electrons. The lowest BCUT2D eigenvalue weighted by Gasteiger charge is -2.19. The van der Waals surface area contributed by atoms with E-state index in [-0.39, 0.29) is 6.54 Å². The third-order valence-corrected chi connectivity index (χ3v) is 3.90. The van der Waals surface area contributed by atoms with Gasteiger partial charge in [0.25, 0.3) is 0 Å². The summed E-state index contributed by atoms with van der Waals surface area (Å²) in [4.78, 5) is 23.2. The van der Waals surface area contributed by atoms with Crippen molar-refractivity contribution < 1.29 is 9.90 Å². The van der Waals surface area contributed by atoms with Crippen LogP contribution >= 0.6 is 11.3 Å². The summed E-state index contributed by atoms with van der Waals surface area (Å²) in [5.74, 6) is -0.143. The number of aromatic nitrogens is 2. The molecule has 0 atom stereocenters. The van der Waals surface area contributed by atoms with E-state index in [0.717, 1.165) is 16.6 Å². The fourth-order valence-electron chi connectivity index (χ4n) is 1.82. The number of carbonyl (C=O) groups is 1. The van der Waals surface area contributed by atoms with E-state index in [1.54, 1.807) is 16.2 Å². The summed E-state index contributed by atoms with van der Waals surface area (Å²) >= 11 is 1.63. The molecule has 0 saturated heterocycles. The molecule has 0 unspecified atom stereocenters. The molecule has 0 radical (unpaired) electrons. The maximum Gasteiger partial charge on any atom is 0.323 e. The number of nitrogens with zero attached hydrogens (tertiary/aromatic N) is 3. The van der Waals surface area contributed by atoms with Crippen molar-refractivity contribution in [1.29, 1.82) is 0 Å². The van der Waals surface area contributed by atoms with Gasteiger partial charge in [0.1, 0.15) is 23.5 Å². The van der Waals surface area contributed by atoms with Crippen LogP contribution in [0.5, 0.6) is 0 Å². The Morgan fingerprint density at radius 3 is 2.83 bits per heavy atom. The lowest BCUT2D eigenvalue weighted by molar-refractivity contribution is -0.135. The largest absolute Gasteiger partial charge is 0.480 e. The van der Waals surface area contributed by atoms with E-state index in [0.29, 0.717) is 12.4 Å². The van der Waals surface area contributed by atoms with Gasteiger partial charge in [-0.05, 0) is 19.4 Å². The van der Waals surface area contributed by atoms with E-state index in [1.807, 2.05) is 6.92 Å². The molecule has 0 aliphatic rings. The van der Waals surface area contributed by atoms with Gasteiger partial charge in [-0.2, -0.15) is 0 Å². The van der Waals surface area contributed by atoms with Crippen LogP contribution in [-0.4, -0.2) is 34.1 Å². The molecule has 2 rings (SSSR count). The van der Waals surface area contributed by atoms with Crippen LogP contribution in [0.1, 0.15) is 18.7 Å². The number of aryl methyl sites for hydroxylation is 1. The topological polar surface area (TPSA) is 66.3 Å². The molecule has 0 bridgehead atoms. The lowest BCUT2D eigenvalue weighted by Crippen LogP contribution is -2.30. The fraction of sp³-hybridized carbons (Fsp3) is 0.417. The van der Waals surface area contributed by atoms with Gasteiger partial charge in [-0.1, -0.05) is 6.92 Å². The summed E-state index contributed by atoms with van der Waals surface area (Å²) in [6.45, 7) is 4.58. The SMILES string of the molecule is CCc1cc2c(N(CC)CC(=O)O)ncnc2s1. The summed E-state index contributed by atoms with van der Waals surface area (Å²) in [5, 5.41) is 9.86. The highest BCUT2D eigenvalue weighted by atomic mass is 32.1. The number of aliphatic carboxylic acids is 1. The molecule has 0 amide bonds. The molecule has 1 N–H and O–H groups in total. The zero-order valence-electron chi connectivity index (χ0n) is 10.4. The van der Waals surface area contributed by atoms with Crippen LogP contribution in [0.25, 0.3) is 10.2 Å². The van der Waals surface area contributed by atoms with Gasteiger partial charge in [-0.15, -0.1) is 11.3 Å². The molecule has 6 heteroatoms. The fourth-order valence-corrected chi connectivity index (χ4v) is 2.75. The zero-order chi connectivity index (χ0) is 13.1. The van der Waals surface area contributed by atoms with Crippen LogP contribution in [0.4, 0.5) is 5.82 Å². The first-order valence-electron chi connectivity index (χ1n) is 5.85. The minimum Gasteiger partial charge on any atom is -0.480 e. The predicted molar refractivity (Wildman–Crippen MR) is 72.3 cm³/mol. The Morgan fingerprint density at radius 2 is 2.22 bits per heavy atom. The first-order valence-corrected chi connectivity index (χ1v) is 6.67. The van der Waals surface area contributed by atoms with Crippen LogP contribution in [0.3, 0.4) is 0 Å². The van der Waals surface area contributed by atoms with Crippen molar-refractivity contribution in [2.45, 2.75) is 20.3 Å². The number of anilines is 1. The number of thiophene rings is 1. The predicted octanol–water partition coefficient (Wildman–Crippen LogP) is 2.16. The van der Waals surface area contributed by atoms with Crippen molar-refractivity contribution in [2.75, 3.05) is 18.0 Å². The highest BCUT2D eigenvalue weighted by molar-refractivity contribution is 7.18. The summed E-state index contributed by atoms with van der Waals surface area (Å²) in [6, 6.07) is 2.06. The van der Waals surface area contributed by atoms with E-state index in [9.17, 15) is 4.79 Å². The Labute approximate surface area is 109 Å². The monoisotopic (exact) mass is 265 g/mol. The van der Waals surface area contributed by atoms with E-state index in [1.165, 1.54) is 11.2 Å². The second-order valence-electron chi connectivity index (χ2n) is 3.89. The van der Waals surface area contributed by atoms with Crippen LogP contribution in [0, 0.1) is 0 Å². The molecule has 0 spiro atoms. The van der Waals surface area contributed by atoms with Crippen molar-refractivity contribution in [3.05, 3.63) is 17.3 Å². The molecule has 0 fully saturated rings. The van der Waals surface area contributed by atoms with Crippen molar-refractivity contribution in [2.24, 2.45) is 0 Å². The minimum atomic E-state index is -0.852. The maximum atomic E-state index is 10.9. The molecule has 0 aromatic carbocycles. The first-order chi connectivity index (χ1) is 8.65. The number of rotatable bonds is 5. The normalized spacial score (nSPS) is 10.8. The Hall–Kier alpha value is -1.69. The highest BCUT2D eigenvalue weighted by Gasteiger charge is 2.15. The third-order valence-electron chi connectivity index (χ3n) is 2.72. The molecule has 5 nitrogen and oxygen atoms in total. The number of hydrogen-bond donors (Lipinski definition) is 1.